The van der Waals surface area contributed by atoms with E-state index in [0.717, 1.165) is 28.0 Å². The molecule has 0 saturated carbocycles. The molecule has 6 rings (SSSR count). The standard InChI is InChI=1S/C27H25ClN6O3/c1-34-21-12-15(11-18(29)19-6-8-24(35)31-19)14-30-26(21)27(33-34)32-20-4-2-3-17(25(20)28)16-5-7-22-23(13-16)37-10-9-36-22/h2-5,7,11-14,19H,6,8-10,29H2,1H3,(H,31,35)(H,32,33)/t19-/m0/s1. The van der Waals surface area contributed by atoms with Crippen LogP contribution in [0.4, 0.5) is 11.5 Å². The van der Waals surface area contributed by atoms with Crippen LogP contribution in [0.15, 0.2) is 54.4 Å². The topological polar surface area (TPSA) is 116 Å². The largest absolute Gasteiger partial charge is 0.486 e. The van der Waals surface area contributed by atoms with E-state index < -0.39 is 0 Å². The van der Waals surface area contributed by atoms with E-state index in [0.29, 0.717) is 59.5 Å². The van der Waals surface area contributed by atoms with Crippen molar-refractivity contribution in [3.05, 3.63) is 64.9 Å². The number of nitrogens with zero attached hydrogens (tertiary/aromatic N) is 3. The van der Waals surface area contributed by atoms with E-state index >= 15 is 0 Å². The highest BCUT2D eigenvalue weighted by Crippen LogP contribution is 2.40. The molecule has 1 atom stereocenters. The smallest absolute Gasteiger partial charge is 0.220 e. The van der Waals surface area contributed by atoms with Crippen molar-refractivity contribution in [3.63, 3.8) is 0 Å². The predicted octanol–water partition coefficient (Wildman–Crippen LogP) is 4.38. The molecular formula is C27H25ClN6O3. The number of nitrogens with two attached hydrogens (primary N) is 1. The summed E-state index contributed by atoms with van der Waals surface area (Å²) in [4.78, 5) is 16.2. The van der Waals surface area contributed by atoms with Crippen LogP contribution in [-0.4, -0.2) is 39.9 Å². The van der Waals surface area contributed by atoms with Gasteiger partial charge in [0, 0.05) is 30.9 Å². The maximum Gasteiger partial charge on any atom is 0.220 e. The first-order valence-corrected chi connectivity index (χ1v) is 12.4. The summed E-state index contributed by atoms with van der Waals surface area (Å²) in [5.41, 5.74) is 11.7. The second-order valence-corrected chi connectivity index (χ2v) is 9.44. The fourth-order valence-electron chi connectivity index (χ4n) is 4.66. The lowest BCUT2D eigenvalue weighted by Crippen LogP contribution is -2.30. The van der Waals surface area contributed by atoms with E-state index in [-0.39, 0.29) is 11.9 Å². The van der Waals surface area contributed by atoms with Crippen LogP contribution >= 0.6 is 11.6 Å². The molecule has 1 fully saturated rings. The van der Waals surface area contributed by atoms with Crippen molar-refractivity contribution >= 4 is 46.1 Å². The molecule has 2 aliphatic rings. The van der Waals surface area contributed by atoms with E-state index in [2.05, 4.69) is 20.7 Å². The normalized spacial score (nSPS) is 17.2. The summed E-state index contributed by atoms with van der Waals surface area (Å²) in [7, 11) is 1.86. The van der Waals surface area contributed by atoms with Gasteiger partial charge in [0.05, 0.1) is 22.3 Å². The summed E-state index contributed by atoms with van der Waals surface area (Å²) in [6, 6.07) is 13.4. The molecule has 37 heavy (non-hydrogen) atoms. The first-order valence-electron chi connectivity index (χ1n) is 12.0. The second kappa shape index (κ2) is 9.33. The van der Waals surface area contributed by atoms with E-state index in [4.69, 9.17) is 26.8 Å². The average Bonchev–Trinajstić information content (AvgIpc) is 3.48. The molecule has 2 aromatic carbocycles. The molecule has 0 radical (unpaired) electrons. The fourth-order valence-corrected chi connectivity index (χ4v) is 4.94. The van der Waals surface area contributed by atoms with Crippen LogP contribution in [0.25, 0.3) is 28.2 Å². The Hall–Kier alpha value is -4.24. The number of nitrogens with one attached hydrogen (secondary N) is 2. The van der Waals surface area contributed by atoms with Gasteiger partial charge in [0.1, 0.15) is 18.7 Å². The molecule has 1 amide bonds. The van der Waals surface area contributed by atoms with Crippen molar-refractivity contribution in [1.29, 1.82) is 0 Å². The summed E-state index contributed by atoms with van der Waals surface area (Å²) in [5, 5.41) is 11.4. The Labute approximate surface area is 218 Å². The van der Waals surface area contributed by atoms with Gasteiger partial charge < -0.3 is 25.8 Å². The summed E-state index contributed by atoms with van der Waals surface area (Å²) < 4.78 is 13.1. The summed E-state index contributed by atoms with van der Waals surface area (Å²) >= 11 is 6.85. The van der Waals surface area contributed by atoms with Crippen LogP contribution in [0.5, 0.6) is 11.5 Å². The lowest BCUT2D eigenvalue weighted by atomic mass is 10.0. The van der Waals surface area contributed by atoms with Crippen LogP contribution < -0.4 is 25.8 Å². The highest BCUT2D eigenvalue weighted by atomic mass is 35.5. The average molecular weight is 517 g/mol. The van der Waals surface area contributed by atoms with Gasteiger partial charge in [0.15, 0.2) is 17.3 Å². The summed E-state index contributed by atoms with van der Waals surface area (Å²) in [5.74, 6) is 2.05. The van der Waals surface area contributed by atoms with E-state index in [1.165, 1.54) is 0 Å². The number of aryl methyl sites for hydroxylation is 1. The molecule has 4 aromatic rings. The molecule has 0 spiro atoms. The fraction of sp³-hybridized carbons (Fsp3) is 0.222. The van der Waals surface area contributed by atoms with Gasteiger partial charge in [0.25, 0.3) is 0 Å². The minimum atomic E-state index is -0.143. The van der Waals surface area contributed by atoms with Crippen molar-refractivity contribution in [2.45, 2.75) is 18.9 Å². The number of anilines is 2. The number of benzene rings is 2. The molecule has 2 aromatic heterocycles. The summed E-state index contributed by atoms with van der Waals surface area (Å²) in [6.07, 6.45) is 4.77. The number of hydrogen-bond donors (Lipinski definition) is 3. The highest BCUT2D eigenvalue weighted by molar-refractivity contribution is 6.36. The molecule has 0 bridgehead atoms. The van der Waals surface area contributed by atoms with Crippen LogP contribution in [0, 0.1) is 0 Å². The van der Waals surface area contributed by atoms with Gasteiger partial charge in [-0.2, -0.15) is 5.10 Å². The number of rotatable bonds is 5. The van der Waals surface area contributed by atoms with E-state index in [1.807, 2.05) is 55.6 Å². The summed E-state index contributed by atoms with van der Waals surface area (Å²) in [6.45, 7) is 1.06. The lowest BCUT2D eigenvalue weighted by Gasteiger charge is -2.19. The number of carbonyl (C=O) groups is 1. The highest BCUT2D eigenvalue weighted by Gasteiger charge is 2.23. The predicted molar refractivity (Wildman–Crippen MR) is 143 cm³/mol. The number of carbonyl (C=O) groups excluding carboxylic acids is 1. The van der Waals surface area contributed by atoms with Gasteiger partial charge in [-0.05, 0) is 47.9 Å². The molecule has 1 saturated heterocycles. The third-order valence-corrected chi connectivity index (χ3v) is 6.95. The maximum absolute atomic E-state index is 11.5. The van der Waals surface area contributed by atoms with Crippen LogP contribution in [0.1, 0.15) is 18.4 Å². The Morgan fingerprint density at radius 3 is 2.86 bits per heavy atom. The van der Waals surface area contributed by atoms with Crippen LogP contribution in [-0.2, 0) is 11.8 Å². The molecule has 188 valence electrons. The molecular weight excluding hydrogens is 492 g/mol. The van der Waals surface area contributed by atoms with Crippen molar-refractivity contribution in [3.8, 4) is 22.6 Å². The minimum Gasteiger partial charge on any atom is -0.486 e. The number of pyridine rings is 1. The SMILES string of the molecule is Cn1nc(Nc2cccc(-c3ccc4c(c3)OCCO4)c2Cl)c2ncc(C=C(N)[C@@H]3CCC(=O)N3)cc21. The molecule has 0 unspecified atom stereocenters. The first kappa shape index (κ1) is 23.2. The Kier molecular flexibility index (Phi) is 5.84. The zero-order valence-electron chi connectivity index (χ0n) is 20.1. The third kappa shape index (κ3) is 4.42. The molecule has 9 nitrogen and oxygen atoms in total. The number of halogens is 1. The number of ether oxygens (including phenoxy) is 2. The second-order valence-electron chi connectivity index (χ2n) is 9.06. The van der Waals surface area contributed by atoms with Crippen molar-refractivity contribution in [1.82, 2.24) is 20.1 Å². The van der Waals surface area contributed by atoms with Crippen molar-refractivity contribution in [2.24, 2.45) is 12.8 Å². The molecule has 2 aliphatic heterocycles. The third-order valence-electron chi connectivity index (χ3n) is 6.55. The minimum absolute atomic E-state index is 0.0222. The number of aromatic nitrogens is 3. The monoisotopic (exact) mass is 516 g/mol. The van der Waals surface area contributed by atoms with Gasteiger partial charge in [0.2, 0.25) is 5.91 Å². The lowest BCUT2D eigenvalue weighted by molar-refractivity contribution is -0.119. The Bertz CT molecular complexity index is 1560. The Morgan fingerprint density at radius 1 is 1.22 bits per heavy atom. The zero-order valence-corrected chi connectivity index (χ0v) is 20.9. The number of amides is 1. The molecule has 0 aliphatic carbocycles. The van der Waals surface area contributed by atoms with Gasteiger partial charge in [-0.3, -0.25) is 14.5 Å². The van der Waals surface area contributed by atoms with E-state index in [1.54, 1.807) is 10.9 Å². The quantitative estimate of drug-likeness (QED) is 0.360. The zero-order chi connectivity index (χ0) is 25.5. The van der Waals surface area contributed by atoms with Gasteiger partial charge in [-0.25, -0.2) is 0 Å². The molecule has 10 heteroatoms. The van der Waals surface area contributed by atoms with E-state index in [9.17, 15) is 4.79 Å². The van der Waals surface area contributed by atoms with Crippen molar-refractivity contribution in [2.75, 3.05) is 18.5 Å². The van der Waals surface area contributed by atoms with Gasteiger partial charge >= 0.3 is 0 Å². The van der Waals surface area contributed by atoms with Gasteiger partial charge in [-0.1, -0.05) is 29.8 Å². The van der Waals surface area contributed by atoms with Crippen LogP contribution in [0.2, 0.25) is 5.02 Å². The Balaban J connectivity index is 1.29. The molecule has 4 N–H and O–H groups in total. The van der Waals surface area contributed by atoms with Gasteiger partial charge in [-0.15, -0.1) is 0 Å². The number of fused-ring (bicyclic) bond motifs is 2. The number of hydrogen-bond acceptors (Lipinski definition) is 7. The maximum atomic E-state index is 11.5. The molecule has 4 heterocycles. The van der Waals surface area contributed by atoms with Crippen LogP contribution in [0.3, 0.4) is 0 Å². The first-order chi connectivity index (χ1) is 18.0. The Morgan fingerprint density at radius 2 is 2.05 bits per heavy atom. The van der Waals surface area contributed by atoms with Crippen molar-refractivity contribution < 1.29 is 14.3 Å².